The second-order valence-corrected chi connectivity index (χ2v) is 5.60. The summed E-state index contributed by atoms with van der Waals surface area (Å²) in [5.41, 5.74) is 1.05. The first kappa shape index (κ1) is 17.5. The Bertz CT molecular complexity index is 1080. The van der Waals surface area contributed by atoms with E-state index in [9.17, 15) is 0 Å². The lowest BCUT2D eigenvalue weighted by Gasteiger charge is -2.14. The summed E-state index contributed by atoms with van der Waals surface area (Å²) in [6.45, 7) is 0. The molecule has 0 aliphatic heterocycles. The van der Waals surface area contributed by atoms with Crippen molar-refractivity contribution in [1.82, 2.24) is 0 Å². The lowest BCUT2D eigenvalue weighted by Crippen LogP contribution is -3.00. The second kappa shape index (κ2) is 6.92. The van der Waals surface area contributed by atoms with E-state index in [2.05, 4.69) is 35.3 Å². The van der Waals surface area contributed by atoms with Gasteiger partial charge in [-0.15, -0.1) is 0 Å². The average molecular weight is 447 g/mol. The Morgan fingerprint density at radius 3 is 2.16 bits per heavy atom. The summed E-state index contributed by atoms with van der Waals surface area (Å²) in [5, 5.41) is 5.57. The molecule has 0 aliphatic rings. The van der Waals surface area contributed by atoms with Crippen molar-refractivity contribution < 1.29 is 43.2 Å². The molecule has 0 radical (unpaired) electrons. The molecule has 128 valence electrons. The summed E-state index contributed by atoms with van der Waals surface area (Å²) in [4.78, 5) is 3.42. The van der Waals surface area contributed by atoms with E-state index >= 15 is 0 Å². The molecular weight excluding hydrogens is 429 g/mol. The van der Waals surface area contributed by atoms with Crippen molar-refractivity contribution in [3.05, 3.63) is 48.7 Å². The Balaban J connectivity index is 0.00000182. The zero-order valence-corrected chi connectivity index (χ0v) is 16.4. The lowest BCUT2D eigenvalue weighted by atomic mass is 10.0. The number of ether oxygens (including phenoxy) is 3. The van der Waals surface area contributed by atoms with Crippen LogP contribution in [0.15, 0.2) is 48.7 Å². The largest absolute Gasteiger partial charge is 1.00 e. The fourth-order valence-corrected chi connectivity index (χ4v) is 3.34. The van der Waals surface area contributed by atoms with Gasteiger partial charge in [0.05, 0.1) is 32.1 Å². The molecule has 3 aromatic carbocycles. The molecule has 0 unspecified atom stereocenters. The molecule has 0 bridgehead atoms. The van der Waals surface area contributed by atoms with Crippen LogP contribution >= 0.6 is 0 Å². The predicted octanol–water partition coefficient (Wildman–Crippen LogP) is 0.990. The van der Waals surface area contributed by atoms with Crippen LogP contribution in [0.5, 0.6) is 17.2 Å². The first-order valence-corrected chi connectivity index (χ1v) is 7.73. The van der Waals surface area contributed by atoms with E-state index in [1.54, 1.807) is 21.3 Å². The molecule has 1 heterocycles. The van der Waals surface area contributed by atoms with Crippen molar-refractivity contribution in [3.8, 4) is 17.2 Å². The minimum Gasteiger partial charge on any atom is -1.00 e. The average Bonchev–Trinajstić information content (AvgIpc) is 2.65. The summed E-state index contributed by atoms with van der Waals surface area (Å²) in [7, 11) is 4.89. The maximum absolute atomic E-state index is 5.61. The van der Waals surface area contributed by atoms with E-state index in [-0.39, 0.29) is 24.0 Å². The molecule has 0 atom stereocenters. The van der Waals surface area contributed by atoms with Gasteiger partial charge in [-0.2, -0.15) is 0 Å². The SMILES string of the molecule is COc1cc2c(ccc3c4ccccc4c[nH+]c23)c(OC)c1OC.[I-]. The number of nitrogens with one attached hydrogen (secondary N) is 1. The van der Waals surface area contributed by atoms with E-state index in [0.717, 1.165) is 21.7 Å². The Morgan fingerprint density at radius 2 is 1.44 bits per heavy atom. The van der Waals surface area contributed by atoms with E-state index in [1.165, 1.54) is 10.8 Å². The summed E-state index contributed by atoms with van der Waals surface area (Å²) in [5.74, 6) is 1.93. The lowest BCUT2D eigenvalue weighted by molar-refractivity contribution is -0.341. The Kier molecular flexibility index (Phi) is 4.85. The topological polar surface area (TPSA) is 41.8 Å². The fraction of sp³-hybridized carbons (Fsp3) is 0.150. The number of aromatic nitrogens is 1. The molecule has 25 heavy (non-hydrogen) atoms. The Hall–Kier alpha value is -2.28. The third-order valence-electron chi connectivity index (χ3n) is 4.45. The maximum atomic E-state index is 5.61. The van der Waals surface area contributed by atoms with Gasteiger partial charge in [0.15, 0.2) is 17.7 Å². The van der Waals surface area contributed by atoms with Crippen molar-refractivity contribution in [2.75, 3.05) is 21.3 Å². The summed E-state index contributed by atoms with van der Waals surface area (Å²) in [6, 6.07) is 14.5. The van der Waals surface area contributed by atoms with Gasteiger partial charge in [0.25, 0.3) is 0 Å². The van der Waals surface area contributed by atoms with Crippen LogP contribution in [-0.2, 0) is 0 Å². The van der Waals surface area contributed by atoms with Crippen LogP contribution in [0.4, 0.5) is 0 Å². The highest BCUT2D eigenvalue weighted by molar-refractivity contribution is 6.15. The summed E-state index contributed by atoms with van der Waals surface area (Å²) >= 11 is 0. The van der Waals surface area contributed by atoms with Crippen molar-refractivity contribution in [3.63, 3.8) is 0 Å². The minimum absolute atomic E-state index is 0. The van der Waals surface area contributed by atoms with E-state index in [1.807, 2.05) is 18.3 Å². The Labute approximate surface area is 162 Å². The van der Waals surface area contributed by atoms with Crippen LogP contribution in [0.3, 0.4) is 0 Å². The molecule has 0 fully saturated rings. The summed E-state index contributed by atoms with van der Waals surface area (Å²) < 4.78 is 16.6. The number of pyridine rings is 1. The van der Waals surface area contributed by atoms with Crippen LogP contribution in [0, 0.1) is 0 Å². The summed E-state index contributed by atoms with van der Waals surface area (Å²) in [6.07, 6.45) is 2.03. The van der Waals surface area contributed by atoms with Crippen molar-refractivity contribution >= 4 is 32.4 Å². The molecule has 1 aromatic heterocycles. The van der Waals surface area contributed by atoms with Crippen molar-refractivity contribution in [1.29, 1.82) is 0 Å². The van der Waals surface area contributed by atoms with Crippen LogP contribution < -0.4 is 43.2 Å². The van der Waals surface area contributed by atoms with Crippen LogP contribution in [0.2, 0.25) is 0 Å². The standard InChI is InChI=1S/C20H17NO3.HI/c1-22-17-10-16-15(19(23-2)20(17)24-3)9-8-14-13-7-5-4-6-12(13)11-21-18(14)16;/h4-11H,1-3H3;1H. The number of hydrogen-bond donors (Lipinski definition) is 0. The first-order valence-electron chi connectivity index (χ1n) is 7.73. The van der Waals surface area contributed by atoms with E-state index in [0.29, 0.717) is 17.2 Å². The highest BCUT2D eigenvalue weighted by Gasteiger charge is 2.20. The molecule has 0 amide bonds. The molecule has 1 N–H and O–H groups in total. The first-order chi connectivity index (χ1) is 11.8. The maximum Gasteiger partial charge on any atom is 0.219 e. The number of fused-ring (bicyclic) bond motifs is 5. The number of aromatic amines is 1. The molecule has 4 rings (SSSR count). The zero-order valence-electron chi connectivity index (χ0n) is 14.2. The molecule has 0 saturated carbocycles. The van der Waals surface area contributed by atoms with Gasteiger partial charge in [-0.3, -0.25) is 0 Å². The monoisotopic (exact) mass is 447 g/mol. The smallest absolute Gasteiger partial charge is 0.219 e. The number of H-pyrrole nitrogens is 1. The molecule has 0 aliphatic carbocycles. The van der Waals surface area contributed by atoms with Gasteiger partial charge in [0, 0.05) is 16.2 Å². The van der Waals surface area contributed by atoms with Gasteiger partial charge in [-0.05, 0) is 24.3 Å². The molecule has 0 saturated heterocycles. The fourth-order valence-electron chi connectivity index (χ4n) is 3.34. The van der Waals surface area contributed by atoms with Gasteiger partial charge < -0.3 is 38.2 Å². The van der Waals surface area contributed by atoms with Gasteiger partial charge in [0.1, 0.15) is 0 Å². The van der Waals surface area contributed by atoms with Crippen LogP contribution in [0.25, 0.3) is 32.4 Å². The van der Waals surface area contributed by atoms with Gasteiger partial charge in [-0.1, -0.05) is 18.2 Å². The van der Waals surface area contributed by atoms with Gasteiger partial charge in [0.2, 0.25) is 11.3 Å². The van der Waals surface area contributed by atoms with Gasteiger partial charge >= 0.3 is 0 Å². The Morgan fingerprint density at radius 1 is 0.720 bits per heavy atom. The van der Waals surface area contributed by atoms with Crippen LogP contribution in [-0.4, -0.2) is 21.3 Å². The molecule has 4 aromatic rings. The number of benzene rings is 3. The van der Waals surface area contributed by atoms with Gasteiger partial charge in [-0.25, -0.2) is 4.98 Å². The van der Waals surface area contributed by atoms with Crippen molar-refractivity contribution in [2.24, 2.45) is 0 Å². The molecular formula is C20H18INO3. The molecule has 5 heteroatoms. The quantitative estimate of drug-likeness (QED) is 0.348. The number of hydrogen-bond acceptors (Lipinski definition) is 3. The van der Waals surface area contributed by atoms with E-state index in [4.69, 9.17) is 14.2 Å². The third-order valence-corrected chi connectivity index (χ3v) is 4.45. The highest BCUT2D eigenvalue weighted by Crippen LogP contribution is 2.45. The highest BCUT2D eigenvalue weighted by atomic mass is 127. The number of rotatable bonds is 3. The van der Waals surface area contributed by atoms with Crippen molar-refractivity contribution in [2.45, 2.75) is 0 Å². The third kappa shape index (κ3) is 2.63. The van der Waals surface area contributed by atoms with E-state index < -0.39 is 0 Å². The minimum atomic E-state index is 0. The zero-order chi connectivity index (χ0) is 16.7. The molecule has 4 nitrogen and oxygen atoms in total. The number of methoxy groups -OCH3 is 3. The van der Waals surface area contributed by atoms with Crippen LogP contribution in [0.1, 0.15) is 0 Å². The number of halogens is 1. The normalized spacial score (nSPS) is 10.7. The molecule has 0 spiro atoms. The second-order valence-electron chi connectivity index (χ2n) is 5.60. The predicted molar refractivity (Wildman–Crippen MR) is 95.2 cm³/mol.